The molecule has 2 aliphatic heterocycles. The maximum atomic E-state index is 13.5. The van der Waals surface area contributed by atoms with E-state index < -0.39 is 6.29 Å². The zero-order chi connectivity index (χ0) is 23.9. The minimum Gasteiger partial charge on any atom is -0.459 e. The molecule has 1 N–H and O–H groups in total. The number of rotatable bonds is 7. The van der Waals surface area contributed by atoms with Gasteiger partial charge in [0.25, 0.3) is 5.91 Å². The van der Waals surface area contributed by atoms with Gasteiger partial charge in [-0.2, -0.15) is 0 Å². The summed E-state index contributed by atoms with van der Waals surface area (Å²) in [4.78, 5) is 27.7. The number of aliphatic hydroxyl groups is 1. The molecular weight excluding hydrogens is 432 g/mol. The van der Waals surface area contributed by atoms with Gasteiger partial charge >= 0.3 is 0 Å². The van der Waals surface area contributed by atoms with Crippen molar-refractivity contribution in [2.24, 2.45) is 0 Å². The van der Waals surface area contributed by atoms with Crippen LogP contribution in [0.4, 0.5) is 0 Å². The number of amides is 1. The SMILES string of the molecule is CC(=O)n1cc(C2C=C(C(=O)N3CCCCCCC3)OC(OCCCCO)C2)c2ccccc21. The van der Waals surface area contributed by atoms with E-state index >= 15 is 0 Å². The molecule has 7 nitrogen and oxygen atoms in total. The molecule has 1 amide bonds. The molecule has 1 fully saturated rings. The van der Waals surface area contributed by atoms with Crippen LogP contribution in [0.1, 0.15) is 74.6 Å². The van der Waals surface area contributed by atoms with Crippen molar-refractivity contribution in [3.63, 3.8) is 0 Å². The van der Waals surface area contributed by atoms with E-state index in [0.717, 1.165) is 61.7 Å². The quantitative estimate of drug-likeness (QED) is 0.601. The predicted molar refractivity (Wildman–Crippen MR) is 130 cm³/mol. The standard InChI is InChI=1S/C27H36N2O5/c1-20(31)29-19-23(22-11-5-6-12-24(22)29)21-17-25(34-26(18-21)33-16-10-9-15-30)27(32)28-13-7-3-2-4-8-14-28/h5-6,11-12,17,19,21,26,30H,2-4,7-10,13-16,18H2,1H3. The molecule has 0 bridgehead atoms. The van der Waals surface area contributed by atoms with E-state index in [1.807, 2.05) is 41.4 Å². The zero-order valence-electron chi connectivity index (χ0n) is 20.1. The second-order valence-corrected chi connectivity index (χ2v) is 9.27. The number of hydrogen-bond donors (Lipinski definition) is 1. The monoisotopic (exact) mass is 468 g/mol. The minimum atomic E-state index is -0.554. The third-order valence-electron chi connectivity index (χ3n) is 6.75. The molecule has 2 aliphatic rings. The molecule has 4 rings (SSSR count). The van der Waals surface area contributed by atoms with Crippen molar-refractivity contribution >= 4 is 22.7 Å². The van der Waals surface area contributed by atoms with Gasteiger partial charge in [0, 0.05) is 50.5 Å². The zero-order valence-corrected chi connectivity index (χ0v) is 20.1. The first kappa shape index (κ1) is 24.5. The van der Waals surface area contributed by atoms with E-state index in [1.54, 1.807) is 11.5 Å². The highest BCUT2D eigenvalue weighted by molar-refractivity contribution is 5.95. The Kier molecular flexibility index (Phi) is 8.40. The molecule has 2 atom stereocenters. The largest absolute Gasteiger partial charge is 0.459 e. The molecule has 7 heteroatoms. The molecule has 0 spiro atoms. The molecule has 2 unspecified atom stereocenters. The molecule has 1 aromatic carbocycles. The van der Waals surface area contributed by atoms with Crippen molar-refractivity contribution in [3.05, 3.63) is 47.9 Å². The number of carbonyl (C=O) groups excluding carboxylic acids is 2. The van der Waals surface area contributed by atoms with Crippen LogP contribution in [-0.4, -0.2) is 59.0 Å². The number of nitrogens with zero attached hydrogens (tertiary/aromatic N) is 2. The summed E-state index contributed by atoms with van der Waals surface area (Å²) in [5.74, 6) is 0.0949. The number of aliphatic hydroxyl groups excluding tert-OH is 1. The number of allylic oxidation sites excluding steroid dienone is 1. The number of benzene rings is 1. The Labute approximate surface area is 201 Å². The van der Waals surface area contributed by atoms with E-state index in [9.17, 15) is 9.59 Å². The molecule has 1 aromatic heterocycles. The lowest BCUT2D eigenvalue weighted by Gasteiger charge is -2.32. The van der Waals surface area contributed by atoms with Crippen LogP contribution in [0.2, 0.25) is 0 Å². The minimum absolute atomic E-state index is 0.0489. The van der Waals surface area contributed by atoms with Gasteiger partial charge in [-0.3, -0.25) is 14.2 Å². The number of ether oxygens (including phenoxy) is 2. The van der Waals surface area contributed by atoms with Crippen LogP contribution in [0.15, 0.2) is 42.3 Å². The number of aromatic nitrogens is 1. The Morgan fingerprint density at radius 2 is 1.82 bits per heavy atom. The van der Waals surface area contributed by atoms with E-state index in [0.29, 0.717) is 25.2 Å². The van der Waals surface area contributed by atoms with E-state index in [-0.39, 0.29) is 24.3 Å². The molecule has 34 heavy (non-hydrogen) atoms. The molecule has 2 aromatic rings. The lowest BCUT2D eigenvalue weighted by atomic mass is 9.92. The Morgan fingerprint density at radius 1 is 1.09 bits per heavy atom. The lowest BCUT2D eigenvalue weighted by Crippen LogP contribution is -2.38. The molecular formula is C27H36N2O5. The van der Waals surface area contributed by atoms with Crippen molar-refractivity contribution in [2.75, 3.05) is 26.3 Å². The van der Waals surface area contributed by atoms with Crippen LogP contribution >= 0.6 is 0 Å². The highest BCUT2D eigenvalue weighted by Crippen LogP contribution is 2.37. The fraction of sp³-hybridized carbons (Fsp3) is 0.556. The average Bonchev–Trinajstić information content (AvgIpc) is 3.21. The molecule has 184 valence electrons. The van der Waals surface area contributed by atoms with Crippen LogP contribution < -0.4 is 0 Å². The maximum absolute atomic E-state index is 13.5. The topological polar surface area (TPSA) is 81.0 Å². The summed E-state index contributed by atoms with van der Waals surface area (Å²) < 4.78 is 13.8. The van der Waals surface area contributed by atoms with Crippen LogP contribution in [-0.2, 0) is 14.3 Å². The summed E-state index contributed by atoms with van der Waals surface area (Å²) in [5, 5.41) is 10.1. The van der Waals surface area contributed by atoms with Crippen molar-refractivity contribution < 1.29 is 24.2 Å². The number of hydrogen-bond acceptors (Lipinski definition) is 5. The fourth-order valence-corrected chi connectivity index (χ4v) is 4.92. The van der Waals surface area contributed by atoms with Gasteiger partial charge in [-0.1, -0.05) is 37.5 Å². The Hall–Kier alpha value is -2.64. The second-order valence-electron chi connectivity index (χ2n) is 9.27. The van der Waals surface area contributed by atoms with Gasteiger partial charge in [-0.15, -0.1) is 0 Å². The summed E-state index contributed by atoms with van der Waals surface area (Å²) in [6.07, 6.45) is 10.7. The summed E-state index contributed by atoms with van der Waals surface area (Å²) in [6, 6.07) is 7.85. The fourth-order valence-electron chi connectivity index (χ4n) is 4.92. The molecule has 0 radical (unpaired) electrons. The van der Waals surface area contributed by atoms with Gasteiger partial charge in [-0.25, -0.2) is 0 Å². The van der Waals surface area contributed by atoms with Crippen molar-refractivity contribution in [3.8, 4) is 0 Å². The molecule has 0 saturated carbocycles. The highest BCUT2D eigenvalue weighted by Gasteiger charge is 2.32. The number of unbranched alkanes of at least 4 members (excludes halogenated alkanes) is 1. The summed E-state index contributed by atoms with van der Waals surface area (Å²) >= 11 is 0. The number of para-hydroxylation sites is 1. The number of carbonyl (C=O) groups is 2. The first-order valence-electron chi connectivity index (χ1n) is 12.6. The van der Waals surface area contributed by atoms with Gasteiger partial charge < -0.3 is 19.5 Å². The first-order valence-corrected chi connectivity index (χ1v) is 12.6. The predicted octanol–water partition coefficient (Wildman–Crippen LogP) is 4.60. The van der Waals surface area contributed by atoms with Gasteiger partial charge in [0.2, 0.25) is 12.2 Å². The van der Waals surface area contributed by atoms with Gasteiger partial charge in [0.15, 0.2) is 5.76 Å². The molecule has 3 heterocycles. The summed E-state index contributed by atoms with van der Waals surface area (Å²) in [5.41, 5.74) is 1.86. The average molecular weight is 469 g/mol. The van der Waals surface area contributed by atoms with E-state index in [4.69, 9.17) is 14.6 Å². The molecule has 1 saturated heterocycles. The van der Waals surface area contributed by atoms with Gasteiger partial charge in [0.1, 0.15) is 0 Å². The smallest absolute Gasteiger partial charge is 0.288 e. The van der Waals surface area contributed by atoms with Crippen molar-refractivity contribution in [1.82, 2.24) is 9.47 Å². The Balaban J connectivity index is 1.64. The number of fused-ring (bicyclic) bond motifs is 1. The lowest BCUT2D eigenvalue weighted by molar-refractivity contribution is -0.153. The first-order chi connectivity index (χ1) is 16.6. The van der Waals surface area contributed by atoms with Crippen molar-refractivity contribution in [1.29, 1.82) is 0 Å². The van der Waals surface area contributed by atoms with Crippen LogP contribution in [0.3, 0.4) is 0 Å². The number of likely N-dealkylation sites (tertiary alicyclic amines) is 1. The van der Waals surface area contributed by atoms with Crippen LogP contribution in [0, 0.1) is 0 Å². The third kappa shape index (κ3) is 5.70. The maximum Gasteiger partial charge on any atom is 0.288 e. The molecule has 0 aliphatic carbocycles. The summed E-state index contributed by atoms with van der Waals surface area (Å²) in [6.45, 7) is 3.63. The third-order valence-corrected chi connectivity index (χ3v) is 6.75. The Morgan fingerprint density at radius 3 is 2.56 bits per heavy atom. The van der Waals surface area contributed by atoms with E-state index in [1.165, 1.54) is 6.42 Å². The highest BCUT2D eigenvalue weighted by atomic mass is 16.7. The van der Waals surface area contributed by atoms with Crippen LogP contribution in [0.25, 0.3) is 10.9 Å². The Bertz CT molecular complexity index is 1020. The van der Waals surface area contributed by atoms with Crippen molar-refractivity contribution in [2.45, 2.75) is 70.5 Å². The van der Waals surface area contributed by atoms with E-state index in [2.05, 4.69) is 0 Å². The van der Waals surface area contributed by atoms with Crippen LogP contribution in [0.5, 0.6) is 0 Å². The normalized spacial score (nSPS) is 21.5. The second kappa shape index (κ2) is 11.7. The van der Waals surface area contributed by atoms with Gasteiger partial charge in [0.05, 0.1) is 12.1 Å². The summed E-state index contributed by atoms with van der Waals surface area (Å²) in [7, 11) is 0. The van der Waals surface area contributed by atoms with Gasteiger partial charge in [-0.05, 0) is 43.4 Å².